The quantitative estimate of drug-likeness (QED) is 0.787. The number of rotatable bonds is 2. The van der Waals surface area contributed by atoms with E-state index in [1.54, 1.807) is 0 Å². The van der Waals surface area contributed by atoms with Gasteiger partial charge in [0.2, 0.25) is 0 Å². The highest BCUT2D eigenvalue weighted by atomic mass is 32.2. The predicted molar refractivity (Wildman–Crippen MR) is 97.7 cm³/mol. The van der Waals surface area contributed by atoms with E-state index in [2.05, 4.69) is 10.8 Å². The Morgan fingerprint density at radius 3 is 2.60 bits per heavy atom. The molecule has 138 valence electrons. The first-order valence-corrected chi connectivity index (χ1v) is 9.90. The summed E-state index contributed by atoms with van der Waals surface area (Å²) in [4.78, 5) is 17.4. The molecule has 0 saturated carbocycles. The van der Waals surface area contributed by atoms with E-state index >= 15 is 0 Å². The number of hydrogen-bond donors (Lipinski definition) is 2. The van der Waals surface area contributed by atoms with Crippen molar-refractivity contribution in [3.05, 3.63) is 29.1 Å². The molecule has 1 aliphatic carbocycles. The molecule has 1 saturated heterocycles. The predicted octanol–water partition coefficient (Wildman–Crippen LogP) is 2.80. The van der Waals surface area contributed by atoms with Crippen molar-refractivity contribution in [1.29, 1.82) is 0 Å². The monoisotopic (exact) mass is 365 g/mol. The minimum absolute atomic E-state index is 0.0494. The second-order valence-corrected chi connectivity index (χ2v) is 10.2. The number of likely N-dealkylation sites (tertiary alicyclic amines) is 1. The van der Waals surface area contributed by atoms with Gasteiger partial charge < -0.3 is 14.6 Å². The standard InChI is InChI=1S/C18H27N3O3S/c1-12-5-6-13-14(19-12)11-18(7-9-21(10-8-18)16(22)23)15(13)20-25(24)17(2,3)4/h5-6,15,20H,7-11H2,1-4H3,(H,22,23)/t15-,25-/m1/s1. The summed E-state index contributed by atoms with van der Waals surface area (Å²) in [5.74, 6) is 0. The maximum atomic E-state index is 12.8. The zero-order chi connectivity index (χ0) is 18.4. The summed E-state index contributed by atoms with van der Waals surface area (Å²) in [5.41, 5.74) is 3.05. The molecule has 0 bridgehead atoms. The van der Waals surface area contributed by atoms with Crippen LogP contribution >= 0.6 is 0 Å². The van der Waals surface area contributed by atoms with Crippen molar-refractivity contribution < 1.29 is 14.5 Å². The van der Waals surface area contributed by atoms with Crippen LogP contribution in [-0.2, 0) is 17.8 Å². The second-order valence-electron chi connectivity index (χ2n) is 8.23. The van der Waals surface area contributed by atoms with Gasteiger partial charge in [-0.15, -0.1) is 4.72 Å². The van der Waals surface area contributed by atoms with Crippen LogP contribution in [0.1, 0.15) is 56.6 Å². The molecule has 6 nitrogen and oxygen atoms in total. The zero-order valence-corrected chi connectivity index (χ0v) is 16.2. The summed E-state index contributed by atoms with van der Waals surface area (Å²) in [7, 11) is 0. The van der Waals surface area contributed by atoms with Gasteiger partial charge in [0.15, 0.2) is 0 Å². The second kappa shape index (κ2) is 6.45. The summed E-state index contributed by atoms with van der Waals surface area (Å²) in [6.07, 6.45) is 1.47. The Hall–Kier alpha value is -1.31. The van der Waals surface area contributed by atoms with E-state index in [0.717, 1.165) is 36.2 Å². The molecule has 0 aromatic carbocycles. The van der Waals surface area contributed by atoms with Crippen molar-refractivity contribution in [3.63, 3.8) is 0 Å². The van der Waals surface area contributed by atoms with Gasteiger partial charge in [-0.1, -0.05) is 6.07 Å². The van der Waals surface area contributed by atoms with Gasteiger partial charge in [0.1, 0.15) is 4.75 Å². The first-order chi connectivity index (χ1) is 11.6. The maximum absolute atomic E-state index is 12.8. The van der Waals surface area contributed by atoms with Crippen LogP contribution in [0.25, 0.3) is 0 Å². The van der Waals surface area contributed by atoms with E-state index in [9.17, 15) is 14.5 Å². The van der Waals surface area contributed by atoms with E-state index in [4.69, 9.17) is 4.98 Å². The highest BCUT2D eigenvalue weighted by molar-refractivity contribution is 7.90. The van der Waals surface area contributed by atoms with Gasteiger partial charge in [-0.2, -0.15) is 0 Å². The third-order valence-corrected chi connectivity index (χ3v) is 6.96. The van der Waals surface area contributed by atoms with Crippen LogP contribution in [0, 0.1) is 12.3 Å². The Morgan fingerprint density at radius 1 is 1.40 bits per heavy atom. The molecule has 7 heteroatoms. The van der Waals surface area contributed by atoms with E-state index < -0.39 is 17.5 Å². The molecule has 2 heterocycles. The van der Waals surface area contributed by atoms with Crippen LogP contribution in [-0.4, -0.2) is 43.5 Å². The zero-order valence-electron chi connectivity index (χ0n) is 15.3. The third kappa shape index (κ3) is 3.50. The van der Waals surface area contributed by atoms with Gasteiger partial charge >= 0.3 is 6.09 Å². The number of aryl methyl sites for hydroxylation is 1. The first kappa shape index (κ1) is 18.5. The van der Waals surface area contributed by atoms with Crippen LogP contribution in [0.4, 0.5) is 4.79 Å². The minimum atomic E-state index is -1.19. The summed E-state index contributed by atoms with van der Waals surface area (Å²) in [5, 5.41) is 9.25. The maximum Gasteiger partial charge on any atom is 0.407 e. The number of fused-ring (bicyclic) bond motifs is 1. The van der Waals surface area contributed by atoms with Crippen molar-refractivity contribution in [2.45, 2.75) is 57.7 Å². The molecule has 1 spiro atoms. The van der Waals surface area contributed by atoms with E-state index in [0.29, 0.717) is 13.1 Å². The SMILES string of the molecule is Cc1ccc2c(n1)CC1(CCN(C(=O)O)CC1)[C@@H]2N[S@+]([O-])C(C)(C)C. The lowest BCUT2D eigenvalue weighted by atomic mass is 9.73. The van der Waals surface area contributed by atoms with Crippen molar-refractivity contribution in [1.82, 2.24) is 14.6 Å². The Balaban J connectivity index is 1.90. The molecule has 3 rings (SSSR count). The van der Waals surface area contributed by atoms with Gasteiger partial charge in [0, 0.05) is 41.3 Å². The molecular formula is C18H27N3O3S. The molecule has 1 aromatic heterocycles. The Morgan fingerprint density at radius 2 is 2.04 bits per heavy atom. The number of carbonyl (C=O) groups is 1. The summed E-state index contributed by atoms with van der Waals surface area (Å²) < 4.78 is 15.8. The molecule has 2 atom stereocenters. The van der Waals surface area contributed by atoms with E-state index in [1.165, 1.54) is 4.90 Å². The Labute approximate surface area is 152 Å². The number of nitrogens with zero attached hydrogens (tertiary/aromatic N) is 2. The lowest BCUT2D eigenvalue weighted by molar-refractivity contribution is 0.0762. The van der Waals surface area contributed by atoms with Crippen LogP contribution < -0.4 is 4.72 Å². The number of nitrogens with one attached hydrogen (secondary N) is 1. The number of carboxylic acid groups (broad SMARTS) is 1. The molecular weight excluding hydrogens is 338 g/mol. The van der Waals surface area contributed by atoms with Crippen molar-refractivity contribution in [2.24, 2.45) is 5.41 Å². The molecule has 1 fully saturated rings. The molecule has 25 heavy (non-hydrogen) atoms. The highest BCUT2D eigenvalue weighted by Gasteiger charge is 2.51. The summed E-state index contributed by atoms with van der Waals surface area (Å²) in [6, 6.07) is 4.04. The van der Waals surface area contributed by atoms with Gasteiger partial charge in [-0.25, -0.2) is 4.79 Å². The average Bonchev–Trinajstić information content (AvgIpc) is 2.79. The average molecular weight is 365 g/mol. The smallest absolute Gasteiger partial charge is 0.407 e. The minimum Gasteiger partial charge on any atom is -0.598 e. The number of pyridine rings is 1. The summed E-state index contributed by atoms with van der Waals surface area (Å²) >= 11 is -1.19. The number of aromatic nitrogens is 1. The number of amides is 1. The van der Waals surface area contributed by atoms with Gasteiger partial charge in [0.25, 0.3) is 0 Å². The first-order valence-electron chi connectivity index (χ1n) is 8.75. The number of piperidine rings is 1. The van der Waals surface area contributed by atoms with Crippen molar-refractivity contribution in [3.8, 4) is 0 Å². The Kier molecular flexibility index (Phi) is 4.77. The van der Waals surface area contributed by atoms with E-state index in [1.807, 2.05) is 33.8 Å². The van der Waals surface area contributed by atoms with Crippen LogP contribution in [0.2, 0.25) is 0 Å². The molecule has 0 unspecified atom stereocenters. The molecule has 1 aliphatic heterocycles. The largest absolute Gasteiger partial charge is 0.598 e. The van der Waals surface area contributed by atoms with Crippen LogP contribution in [0.15, 0.2) is 12.1 Å². The lowest BCUT2D eigenvalue weighted by Crippen LogP contribution is -2.50. The van der Waals surface area contributed by atoms with Crippen LogP contribution in [0.3, 0.4) is 0 Å². The van der Waals surface area contributed by atoms with Gasteiger partial charge in [-0.05, 0) is 58.6 Å². The summed E-state index contributed by atoms with van der Waals surface area (Å²) in [6.45, 7) is 8.89. The van der Waals surface area contributed by atoms with Gasteiger partial charge in [-0.3, -0.25) is 4.98 Å². The molecule has 1 amide bonds. The Bertz CT molecular complexity index is 666. The fraction of sp³-hybridized carbons (Fsp3) is 0.667. The van der Waals surface area contributed by atoms with Gasteiger partial charge in [0.05, 0.1) is 6.04 Å². The third-order valence-electron chi connectivity index (χ3n) is 5.40. The molecule has 2 N–H and O–H groups in total. The lowest BCUT2D eigenvalue weighted by Gasteiger charge is -2.42. The fourth-order valence-corrected chi connectivity index (χ4v) is 4.82. The normalized spacial score (nSPS) is 23.6. The fourth-order valence-electron chi connectivity index (χ4n) is 3.87. The number of hydrogen-bond acceptors (Lipinski definition) is 4. The van der Waals surface area contributed by atoms with E-state index in [-0.39, 0.29) is 16.2 Å². The molecule has 1 aromatic rings. The molecule has 2 aliphatic rings. The topological polar surface area (TPSA) is 88.5 Å². The van der Waals surface area contributed by atoms with Crippen LogP contribution in [0.5, 0.6) is 0 Å². The molecule has 0 radical (unpaired) electrons. The highest BCUT2D eigenvalue weighted by Crippen LogP contribution is 2.52. The van der Waals surface area contributed by atoms with Crippen molar-refractivity contribution >= 4 is 17.5 Å². The van der Waals surface area contributed by atoms with Crippen molar-refractivity contribution in [2.75, 3.05) is 13.1 Å².